The Morgan fingerprint density at radius 1 is 1.50 bits per heavy atom. The van der Waals surface area contributed by atoms with E-state index in [0.29, 0.717) is 18.7 Å². The fourth-order valence-electron chi connectivity index (χ4n) is 2.50. The number of hydrogen-bond donors (Lipinski definition) is 0. The normalized spacial score (nSPS) is 20.1. The third-order valence-corrected chi connectivity index (χ3v) is 3.78. The minimum absolute atomic E-state index is 0.0363. The van der Waals surface area contributed by atoms with Crippen LogP contribution < -0.4 is 0 Å². The van der Waals surface area contributed by atoms with Crippen molar-refractivity contribution >= 4 is 5.91 Å². The summed E-state index contributed by atoms with van der Waals surface area (Å²) >= 11 is 0. The topological polar surface area (TPSA) is 45.9 Å². The maximum Gasteiger partial charge on any atom is 0.393 e. The van der Waals surface area contributed by atoms with Gasteiger partial charge in [0.25, 0.3) is 0 Å². The quantitative estimate of drug-likeness (QED) is 0.800. The number of hydroxylamine groups is 2. The van der Waals surface area contributed by atoms with Gasteiger partial charge >= 0.3 is 12.1 Å². The Labute approximate surface area is 126 Å². The van der Waals surface area contributed by atoms with Crippen LogP contribution in [0.3, 0.4) is 0 Å². The van der Waals surface area contributed by atoms with Crippen molar-refractivity contribution in [2.45, 2.75) is 25.6 Å². The summed E-state index contributed by atoms with van der Waals surface area (Å²) in [4.78, 5) is 18.3. The maximum absolute atomic E-state index is 12.8. The molecular weight excluding hydrogens is 301 g/mol. The second-order valence-electron chi connectivity index (χ2n) is 5.37. The molecule has 2 rings (SSSR count). The summed E-state index contributed by atoms with van der Waals surface area (Å²) in [6.45, 7) is 0.816. The molecule has 2 heterocycles. The number of hydrogen-bond acceptors (Lipinski definition) is 4. The lowest BCUT2D eigenvalue weighted by Gasteiger charge is -2.33. The minimum atomic E-state index is -4.16. The highest BCUT2D eigenvalue weighted by molar-refractivity contribution is 5.90. The summed E-state index contributed by atoms with van der Waals surface area (Å²) in [7, 11) is 2.80. The molecule has 0 saturated carbocycles. The van der Waals surface area contributed by atoms with Crippen LogP contribution in [0.5, 0.6) is 0 Å². The zero-order valence-electron chi connectivity index (χ0n) is 12.5. The Kier molecular flexibility index (Phi) is 5.12. The summed E-state index contributed by atoms with van der Waals surface area (Å²) in [6.07, 6.45) is -3.49. The molecule has 1 aliphatic rings. The maximum atomic E-state index is 12.8. The lowest BCUT2D eigenvalue weighted by atomic mass is 9.97. The van der Waals surface area contributed by atoms with E-state index < -0.39 is 18.0 Å². The van der Waals surface area contributed by atoms with Gasteiger partial charge in [-0.2, -0.15) is 13.2 Å². The summed E-state index contributed by atoms with van der Waals surface area (Å²) < 4.78 is 43.7. The Balaban J connectivity index is 1.97. The number of carbonyl (C=O) groups is 1. The highest BCUT2D eigenvalue weighted by Crippen LogP contribution is 2.33. The minimum Gasteiger partial charge on any atom is -0.454 e. The second-order valence-corrected chi connectivity index (χ2v) is 5.37. The lowest BCUT2D eigenvalue weighted by molar-refractivity contribution is -0.187. The van der Waals surface area contributed by atoms with Gasteiger partial charge in [-0.15, -0.1) is 0 Å². The van der Waals surface area contributed by atoms with Gasteiger partial charge in [0.1, 0.15) is 5.76 Å². The van der Waals surface area contributed by atoms with Crippen LogP contribution in [-0.4, -0.2) is 49.3 Å². The van der Waals surface area contributed by atoms with E-state index >= 15 is 0 Å². The van der Waals surface area contributed by atoms with Gasteiger partial charge in [0.15, 0.2) is 5.76 Å². The number of carbonyl (C=O) groups excluding carboxylic acids is 1. The van der Waals surface area contributed by atoms with Crippen molar-refractivity contribution in [3.8, 4) is 0 Å². The van der Waals surface area contributed by atoms with Crippen LogP contribution >= 0.6 is 0 Å². The number of halogens is 3. The van der Waals surface area contributed by atoms with E-state index in [2.05, 4.69) is 0 Å². The average molecular weight is 320 g/mol. The predicted octanol–water partition coefficient (Wildman–Crippen LogP) is 2.69. The summed E-state index contributed by atoms with van der Waals surface area (Å²) in [6, 6.07) is 3.10. The molecule has 1 amide bonds. The van der Waals surface area contributed by atoms with E-state index in [0.717, 1.165) is 5.06 Å². The Morgan fingerprint density at radius 2 is 2.23 bits per heavy atom. The number of piperidine rings is 1. The summed E-state index contributed by atoms with van der Waals surface area (Å²) in [5.41, 5.74) is 0. The van der Waals surface area contributed by atoms with E-state index in [4.69, 9.17) is 9.25 Å². The molecule has 124 valence electrons. The van der Waals surface area contributed by atoms with Crippen LogP contribution in [0.25, 0.3) is 0 Å². The molecule has 1 aromatic rings. The smallest absolute Gasteiger partial charge is 0.393 e. The van der Waals surface area contributed by atoms with Crippen LogP contribution in [0, 0.1) is 5.92 Å². The molecular formula is C14H19F3N2O3. The van der Waals surface area contributed by atoms with Crippen LogP contribution in [0.1, 0.15) is 29.2 Å². The van der Waals surface area contributed by atoms with Crippen molar-refractivity contribution in [2.24, 2.45) is 5.92 Å². The van der Waals surface area contributed by atoms with Gasteiger partial charge in [-0.1, -0.05) is 0 Å². The van der Waals surface area contributed by atoms with Crippen LogP contribution in [-0.2, 0) is 11.4 Å². The van der Waals surface area contributed by atoms with Crippen molar-refractivity contribution in [2.75, 3.05) is 27.2 Å². The molecule has 0 spiro atoms. The summed E-state index contributed by atoms with van der Waals surface area (Å²) in [5, 5.41) is 1.02. The van der Waals surface area contributed by atoms with Gasteiger partial charge < -0.3 is 4.42 Å². The van der Waals surface area contributed by atoms with E-state index in [1.807, 2.05) is 0 Å². The fraction of sp³-hybridized carbons (Fsp3) is 0.643. The molecule has 0 aliphatic carbocycles. The predicted molar refractivity (Wildman–Crippen MR) is 71.9 cm³/mol. The van der Waals surface area contributed by atoms with E-state index in [9.17, 15) is 18.0 Å². The van der Waals surface area contributed by atoms with Gasteiger partial charge in [0.2, 0.25) is 0 Å². The molecule has 0 aromatic carbocycles. The second kappa shape index (κ2) is 6.70. The standard InChI is InChI=1S/C14H19F3N2O3/c1-18(21-2)13(20)12-6-5-11(22-12)9-19-7-3-4-10(8-19)14(15,16)17/h5-6,10H,3-4,7-9H2,1-2H3. The molecule has 1 atom stereocenters. The number of rotatable bonds is 4. The highest BCUT2D eigenvalue weighted by Gasteiger charge is 2.41. The van der Waals surface area contributed by atoms with Crippen LogP contribution in [0.4, 0.5) is 13.2 Å². The third-order valence-electron chi connectivity index (χ3n) is 3.78. The molecule has 0 N–H and O–H groups in total. The van der Waals surface area contributed by atoms with Crippen molar-refractivity contribution in [1.29, 1.82) is 0 Å². The molecule has 1 aliphatic heterocycles. The molecule has 1 fully saturated rings. The Morgan fingerprint density at radius 3 is 2.86 bits per heavy atom. The van der Waals surface area contributed by atoms with Crippen LogP contribution in [0.2, 0.25) is 0 Å². The summed E-state index contributed by atoms with van der Waals surface area (Å²) in [5.74, 6) is -1.17. The molecule has 0 bridgehead atoms. The fourth-order valence-corrected chi connectivity index (χ4v) is 2.50. The Hall–Kier alpha value is -1.54. The van der Waals surface area contributed by atoms with Crippen molar-refractivity contribution in [1.82, 2.24) is 9.96 Å². The van der Waals surface area contributed by atoms with Gasteiger partial charge in [0, 0.05) is 13.6 Å². The van der Waals surface area contributed by atoms with E-state index in [1.165, 1.54) is 20.2 Å². The van der Waals surface area contributed by atoms with Gasteiger partial charge in [-0.3, -0.25) is 14.5 Å². The average Bonchev–Trinajstić information content (AvgIpc) is 2.93. The monoisotopic (exact) mass is 320 g/mol. The number of alkyl halides is 3. The van der Waals surface area contributed by atoms with Crippen LogP contribution in [0.15, 0.2) is 16.5 Å². The van der Waals surface area contributed by atoms with Gasteiger partial charge in [-0.05, 0) is 31.5 Å². The highest BCUT2D eigenvalue weighted by atomic mass is 19.4. The van der Waals surface area contributed by atoms with Gasteiger partial charge in [0.05, 0.1) is 19.6 Å². The number of amides is 1. The van der Waals surface area contributed by atoms with Crippen molar-refractivity contribution in [3.05, 3.63) is 23.7 Å². The number of likely N-dealkylation sites (tertiary alicyclic amines) is 1. The zero-order chi connectivity index (χ0) is 16.3. The van der Waals surface area contributed by atoms with Gasteiger partial charge in [-0.25, -0.2) is 5.06 Å². The third kappa shape index (κ3) is 4.01. The largest absolute Gasteiger partial charge is 0.454 e. The van der Waals surface area contributed by atoms with Crippen molar-refractivity contribution in [3.63, 3.8) is 0 Å². The number of furan rings is 1. The molecule has 1 saturated heterocycles. The Bertz CT molecular complexity index is 516. The first-order chi connectivity index (χ1) is 10.3. The van der Waals surface area contributed by atoms with Crippen molar-refractivity contribution < 1.29 is 27.2 Å². The zero-order valence-corrected chi connectivity index (χ0v) is 12.5. The van der Waals surface area contributed by atoms with E-state index in [-0.39, 0.29) is 25.3 Å². The SMILES string of the molecule is CON(C)C(=O)c1ccc(CN2CCCC(C(F)(F)F)C2)o1. The molecule has 0 radical (unpaired) electrons. The molecule has 1 unspecified atom stereocenters. The molecule has 8 heteroatoms. The molecule has 5 nitrogen and oxygen atoms in total. The van der Waals surface area contributed by atoms with E-state index in [1.54, 1.807) is 11.0 Å². The molecule has 1 aromatic heterocycles. The first-order valence-electron chi connectivity index (χ1n) is 7.01. The molecule has 22 heavy (non-hydrogen) atoms. The number of nitrogens with zero attached hydrogens (tertiary/aromatic N) is 2. The first-order valence-corrected chi connectivity index (χ1v) is 7.01. The lowest BCUT2D eigenvalue weighted by Crippen LogP contribution is -2.41. The first kappa shape index (κ1) is 16.8.